The van der Waals surface area contributed by atoms with Crippen LogP contribution in [0, 0.1) is 35.5 Å². The van der Waals surface area contributed by atoms with E-state index in [1.807, 2.05) is 19.1 Å². The summed E-state index contributed by atoms with van der Waals surface area (Å²) in [7, 11) is 0. The molecule has 6 heteroatoms. The van der Waals surface area contributed by atoms with Gasteiger partial charge in [-0.15, -0.1) is 0 Å². The minimum atomic E-state index is -0.896. The summed E-state index contributed by atoms with van der Waals surface area (Å²) in [4.78, 5) is 0. The fourth-order valence-electron chi connectivity index (χ4n) is 1.03. The fraction of sp³-hybridized carbons (Fsp3) is 0.182. The standard InChI is InChI=1S/C11H8BrClN4/c1-8-4-10(2-3-11(8)12)17(13)16-7-9(5-14)6-15/h2-4,7,9H,1H3. The second kappa shape index (κ2) is 6.24. The highest BCUT2D eigenvalue weighted by Crippen LogP contribution is 2.24. The Morgan fingerprint density at radius 3 is 2.65 bits per heavy atom. The predicted octanol–water partition coefficient (Wildman–Crippen LogP) is 3.37. The normalized spacial score (nSPS) is 10.2. The lowest BCUT2D eigenvalue weighted by Crippen LogP contribution is -2.04. The second-order valence-electron chi connectivity index (χ2n) is 3.19. The van der Waals surface area contributed by atoms with E-state index in [2.05, 4.69) is 21.0 Å². The van der Waals surface area contributed by atoms with E-state index in [1.54, 1.807) is 18.2 Å². The number of hydrogen-bond donors (Lipinski definition) is 0. The van der Waals surface area contributed by atoms with Crippen LogP contribution in [0.4, 0.5) is 5.69 Å². The van der Waals surface area contributed by atoms with Crippen molar-refractivity contribution >= 4 is 39.6 Å². The third-order valence-electron chi connectivity index (χ3n) is 1.95. The van der Waals surface area contributed by atoms with Crippen molar-refractivity contribution in [1.82, 2.24) is 0 Å². The zero-order valence-corrected chi connectivity index (χ0v) is 11.3. The summed E-state index contributed by atoms with van der Waals surface area (Å²) in [6.07, 6.45) is 1.20. The predicted molar refractivity (Wildman–Crippen MR) is 70.4 cm³/mol. The molecular weight excluding hydrogens is 304 g/mol. The molecule has 0 aliphatic heterocycles. The monoisotopic (exact) mass is 310 g/mol. The highest BCUT2D eigenvalue weighted by Gasteiger charge is 2.05. The zero-order valence-electron chi connectivity index (χ0n) is 8.93. The van der Waals surface area contributed by atoms with E-state index in [1.165, 1.54) is 6.21 Å². The number of rotatable bonds is 3. The average Bonchev–Trinajstić information content (AvgIpc) is 2.33. The molecule has 1 aromatic rings. The highest BCUT2D eigenvalue weighted by molar-refractivity contribution is 9.10. The van der Waals surface area contributed by atoms with Crippen LogP contribution in [0.25, 0.3) is 0 Å². The topological polar surface area (TPSA) is 63.2 Å². The van der Waals surface area contributed by atoms with Crippen molar-refractivity contribution in [3.05, 3.63) is 28.2 Å². The number of hydrogen-bond acceptors (Lipinski definition) is 4. The summed E-state index contributed by atoms with van der Waals surface area (Å²) in [5.74, 6) is -0.896. The lowest BCUT2D eigenvalue weighted by atomic mass is 10.2. The van der Waals surface area contributed by atoms with Crippen molar-refractivity contribution < 1.29 is 0 Å². The molecule has 0 N–H and O–H groups in total. The Morgan fingerprint density at radius 2 is 2.12 bits per heavy atom. The molecule has 0 unspecified atom stereocenters. The van der Waals surface area contributed by atoms with Gasteiger partial charge in [0.05, 0.1) is 24.0 Å². The van der Waals surface area contributed by atoms with Gasteiger partial charge in [-0.2, -0.15) is 20.2 Å². The van der Waals surface area contributed by atoms with E-state index in [9.17, 15) is 0 Å². The van der Waals surface area contributed by atoms with Crippen LogP contribution < -0.4 is 4.53 Å². The van der Waals surface area contributed by atoms with Crippen molar-refractivity contribution in [1.29, 1.82) is 10.5 Å². The van der Waals surface area contributed by atoms with Crippen LogP contribution in [-0.2, 0) is 0 Å². The van der Waals surface area contributed by atoms with Gasteiger partial charge in [0.25, 0.3) is 0 Å². The second-order valence-corrected chi connectivity index (χ2v) is 4.37. The average molecular weight is 312 g/mol. The van der Waals surface area contributed by atoms with Gasteiger partial charge < -0.3 is 0 Å². The van der Waals surface area contributed by atoms with Crippen LogP contribution in [0.15, 0.2) is 27.8 Å². The van der Waals surface area contributed by atoms with Crippen LogP contribution in [0.5, 0.6) is 0 Å². The Labute approximate surface area is 113 Å². The van der Waals surface area contributed by atoms with Gasteiger partial charge in [0, 0.05) is 16.2 Å². The molecule has 0 heterocycles. The summed E-state index contributed by atoms with van der Waals surface area (Å²) < 4.78 is 2.07. The van der Waals surface area contributed by atoms with E-state index in [0.717, 1.165) is 14.6 Å². The quantitative estimate of drug-likeness (QED) is 0.488. The van der Waals surface area contributed by atoms with Crippen molar-refractivity contribution in [2.75, 3.05) is 4.53 Å². The van der Waals surface area contributed by atoms with Gasteiger partial charge in [0.15, 0.2) is 5.92 Å². The third-order valence-corrected chi connectivity index (χ3v) is 3.12. The van der Waals surface area contributed by atoms with E-state index in [-0.39, 0.29) is 0 Å². The first-order valence-corrected chi connectivity index (χ1v) is 5.77. The molecule has 1 rings (SSSR count). The molecule has 0 radical (unpaired) electrons. The molecule has 0 aromatic heterocycles. The van der Waals surface area contributed by atoms with Gasteiger partial charge in [-0.1, -0.05) is 15.9 Å². The molecule has 0 saturated carbocycles. The summed E-state index contributed by atoms with van der Waals surface area (Å²) in [5.41, 5.74) is 1.68. The lowest BCUT2D eigenvalue weighted by molar-refractivity contribution is 1.12. The largest absolute Gasteiger partial charge is 0.196 e. The first-order valence-electron chi connectivity index (χ1n) is 4.64. The van der Waals surface area contributed by atoms with Crippen LogP contribution in [0.3, 0.4) is 0 Å². The SMILES string of the molecule is Cc1cc(N(Cl)N=CC(C#N)C#N)ccc1Br. The van der Waals surface area contributed by atoms with Crippen LogP contribution in [0.2, 0.25) is 0 Å². The van der Waals surface area contributed by atoms with Crippen molar-refractivity contribution in [2.24, 2.45) is 11.0 Å². The van der Waals surface area contributed by atoms with E-state index >= 15 is 0 Å². The first kappa shape index (κ1) is 13.5. The minimum Gasteiger partial charge on any atom is -0.196 e. The molecular formula is C11H8BrClN4. The molecule has 0 atom stereocenters. The molecule has 0 bridgehead atoms. The van der Waals surface area contributed by atoms with Crippen molar-refractivity contribution in [2.45, 2.75) is 6.92 Å². The van der Waals surface area contributed by atoms with Crippen LogP contribution >= 0.6 is 27.7 Å². The molecule has 4 nitrogen and oxygen atoms in total. The van der Waals surface area contributed by atoms with Crippen LogP contribution in [0.1, 0.15) is 5.56 Å². The smallest absolute Gasteiger partial charge is 0.170 e. The molecule has 86 valence electrons. The van der Waals surface area contributed by atoms with E-state index in [0.29, 0.717) is 5.69 Å². The molecule has 1 aromatic carbocycles. The molecule has 17 heavy (non-hydrogen) atoms. The minimum absolute atomic E-state index is 0.665. The van der Waals surface area contributed by atoms with Crippen molar-refractivity contribution in [3.8, 4) is 12.1 Å². The Bertz CT molecular complexity index is 501. The van der Waals surface area contributed by atoms with E-state index in [4.69, 9.17) is 22.3 Å². The summed E-state index contributed by atoms with van der Waals surface area (Å²) in [6, 6.07) is 9.01. The number of benzene rings is 1. The van der Waals surface area contributed by atoms with Gasteiger partial charge in [0.1, 0.15) is 0 Å². The Kier molecular flexibility index (Phi) is 4.96. The Morgan fingerprint density at radius 1 is 1.47 bits per heavy atom. The number of nitrogens with zero attached hydrogens (tertiary/aromatic N) is 4. The summed E-state index contributed by atoms with van der Waals surface area (Å²) >= 11 is 9.27. The third kappa shape index (κ3) is 3.74. The summed E-state index contributed by atoms with van der Waals surface area (Å²) in [6.45, 7) is 1.93. The fourth-order valence-corrected chi connectivity index (χ4v) is 1.43. The number of nitriles is 2. The molecule has 0 amide bonds. The van der Waals surface area contributed by atoms with Gasteiger partial charge in [-0.3, -0.25) is 0 Å². The van der Waals surface area contributed by atoms with Gasteiger partial charge in [-0.05, 0) is 30.7 Å². The maximum atomic E-state index is 8.56. The Hall–Kier alpha value is -1.56. The maximum absolute atomic E-state index is 8.56. The van der Waals surface area contributed by atoms with Gasteiger partial charge in [-0.25, -0.2) is 0 Å². The molecule has 0 saturated heterocycles. The van der Waals surface area contributed by atoms with Crippen LogP contribution in [-0.4, -0.2) is 6.21 Å². The molecule has 0 aliphatic rings. The Balaban J connectivity index is 2.84. The lowest BCUT2D eigenvalue weighted by Gasteiger charge is -2.10. The zero-order chi connectivity index (χ0) is 12.8. The van der Waals surface area contributed by atoms with Crippen molar-refractivity contribution in [3.63, 3.8) is 0 Å². The number of anilines is 1. The number of aryl methyl sites for hydroxylation is 1. The summed E-state index contributed by atoms with van der Waals surface area (Å²) in [5, 5.41) is 20.9. The maximum Gasteiger partial charge on any atom is 0.170 e. The van der Waals surface area contributed by atoms with E-state index < -0.39 is 5.92 Å². The molecule has 0 spiro atoms. The van der Waals surface area contributed by atoms with Gasteiger partial charge >= 0.3 is 0 Å². The van der Waals surface area contributed by atoms with Gasteiger partial charge in [0.2, 0.25) is 0 Å². The first-order chi connectivity index (χ1) is 8.08. The number of hydrazone groups is 1. The molecule has 0 fully saturated rings. The highest BCUT2D eigenvalue weighted by atomic mass is 79.9. The molecule has 0 aliphatic carbocycles. The number of halogens is 2.